The number of para-hydroxylation sites is 2. The summed E-state index contributed by atoms with van der Waals surface area (Å²) < 4.78 is 28.1. The lowest BCUT2D eigenvalue weighted by molar-refractivity contribution is 0.220. The Kier molecular flexibility index (Phi) is 3.19. The third-order valence-corrected chi connectivity index (χ3v) is 8.02. The molecule has 0 radical (unpaired) electrons. The first kappa shape index (κ1) is 14.7. The van der Waals surface area contributed by atoms with Crippen LogP contribution in [0, 0.1) is 11.8 Å². The average molecular weight is 346 g/mol. The number of aromatic amines is 1. The van der Waals surface area contributed by atoms with Crippen molar-refractivity contribution in [1.82, 2.24) is 14.7 Å². The van der Waals surface area contributed by atoms with Crippen molar-refractivity contribution in [2.24, 2.45) is 11.8 Å². The zero-order valence-corrected chi connectivity index (χ0v) is 14.3. The Bertz CT molecular complexity index is 839. The third kappa shape index (κ3) is 2.25. The highest BCUT2D eigenvalue weighted by Crippen LogP contribution is 2.49. The summed E-state index contributed by atoms with van der Waals surface area (Å²) >= 11 is 0. The van der Waals surface area contributed by atoms with E-state index in [-0.39, 0.29) is 11.3 Å². The third-order valence-electron chi connectivity index (χ3n) is 6.02. The second kappa shape index (κ2) is 5.20. The van der Waals surface area contributed by atoms with E-state index in [0.29, 0.717) is 24.9 Å². The molecule has 1 aliphatic heterocycles. The molecule has 1 aromatic carbocycles. The van der Waals surface area contributed by atoms with E-state index in [0.717, 1.165) is 29.8 Å². The standard InChI is InChI=1S/C17H22N4O2S/c22-24(23,16-8-11-4-3-5-13(11)16)20-12-9-21(10-12)17-18-14-6-1-2-7-15(14)19-17/h1-2,6-7,11-13,16,20H,3-5,8-10H2,(H,18,19). The van der Waals surface area contributed by atoms with Gasteiger partial charge in [-0.1, -0.05) is 25.0 Å². The van der Waals surface area contributed by atoms with Crippen LogP contribution in [0.4, 0.5) is 5.95 Å². The number of hydrogen-bond donors (Lipinski definition) is 2. The SMILES string of the molecule is O=S(=O)(NC1CN(c2nc3ccccc3[nH]2)C1)C1CC2CCCC21. The molecule has 128 valence electrons. The van der Waals surface area contributed by atoms with E-state index in [1.165, 1.54) is 12.8 Å². The lowest BCUT2D eigenvalue weighted by Gasteiger charge is -2.43. The van der Waals surface area contributed by atoms with Crippen LogP contribution in [0.2, 0.25) is 0 Å². The van der Waals surface area contributed by atoms with Gasteiger partial charge in [-0.25, -0.2) is 18.1 Å². The van der Waals surface area contributed by atoms with Gasteiger partial charge in [0.1, 0.15) is 0 Å². The van der Waals surface area contributed by atoms with Crippen LogP contribution >= 0.6 is 0 Å². The molecule has 2 saturated carbocycles. The molecule has 2 aromatic rings. The molecular weight excluding hydrogens is 324 g/mol. The van der Waals surface area contributed by atoms with Crippen LogP contribution in [-0.2, 0) is 10.0 Å². The van der Waals surface area contributed by atoms with Crippen molar-refractivity contribution in [2.45, 2.75) is 37.0 Å². The van der Waals surface area contributed by atoms with Gasteiger partial charge in [-0.15, -0.1) is 0 Å². The minimum Gasteiger partial charge on any atom is -0.339 e. The van der Waals surface area contributed by atoms with Crippen LogP contribution in [0.15, 0.2) is 24.3 Å². The molecule has 0 spiro atoms. The number of fused-ring (bicyclic) bond motifs is 2. The smallest absolute Gasteiger partial charge is 0.215 e. The van der Waals surface area contributed by atoms with Crippen LogP contribution < -0.4 is 9.62 Å². The maximum Gasteiger partial charge on any atom is 0.215 e. The number of H-pyrrole nitrogens is 1. The van der Waals surface area contributed by atoms with Gasteiger partial charge in [-0.05, 0) is 36.8 Å². The summed E-state index contributed by atoms with van der Waals surface area (Å²) in [5, 5.41) is -0.148. The van der Waals surface area contributed by atoms with Crippen LogP contribution in [0.5, 0.6) is 0 Å². The van der Waals surface area contributed by atoms with Crippen molar-refractivity contribution in [3.8, 4) is 0 Å². The van der Waals surface area contributed by atoms with Crippen molar-refractivity contribution < 1.29 is 8.42 Å². The second-order valence-corrected chi connectivity index (χ2v) is 9.40. The fourth-order valence-corrected chi connectivity index (χ4v) is 6.72. The minimum absolute atomic E-state index is 0.00339. The molecule has 1 aromatic heterocycles. The number of aromatic nitrogens is 2. The van der Waals surface area contributed by atoms with Crippen LogP contribution in [0.3, 0.4) is 0 Å². The summed E-state index contributed by atoms with van der Waals surface area (Å²) in [6.45, 7) is 1.36. The maximum absolute atomic E-state index is 12.6. The van der Waals surface area contributed by atoms with E-state index < -0.39 is 10.0 Å². The molecule has 2 aliphatic carbocycles. The number of benzene rings is 1. The molecule has 3 atom stereocenters. The Morgan fingerprint density at radius 3 is 2.83 bits per heavy atom. The highest BCUT2D eigenvalue weighted by atomic mass is 32.2. The normalized spacial score (nSPS) is 30.2. The average Bonchev–Trinajstić information content (AvgIpc) is 3.06. The molecule has 3 aliphatic rings. The monoisotopic (exact) mass is 346 g/mol. The topological polar surface area (TPSA) is 78.1 Å². The van der Waals surface area contributed by atoms with Gasteiger partial charge in [0, 0.05) is 13.1 Å². The van der Waals surface area contributed by atoms with Gasteiger partial charge in [0.2, 0.25) is 16.0 Å². The molecule has 2 N–H and O–H groups in total. The van der Waals surface area contributed by atoms with E-state index in [2.05, 4.69) is 19.6 Å². The van der Waals surface area contributed by atoms with Gasteiger partial charge in [0.15, 0.2) is 0 Å². The Balaban J connectivity index is 1.22. The summed E-state index contributed by atoms with van der Waals surface area (Å²) in [4.78, 5) is 9.95. The highest BCUT2D eigenvalue weighted by molar-refractivity contribution is 7.90. The molecule has 24 heavy (non-hydrogen) atoms. The van der Waals surface area contributed by atoms with E-state index >= 15 is 0 Å². The summed E-state index contributed by atoms with van der Waals surface area (Å²) in [7, 11) is -3.18. The predicted molar refractivity (Wildman–Crippen MR) is 93.4 cm³/mol. The van der Waals surface area contributed by atoms with E-state index in [4.69, 9.17) is 0 Å². The van der Waals surface area contributed by atoms with Gasteiger partial charge in [0.25, 0.3) is 0 Å². The van der Waals surface area contributed by atoms with Gasteiger partial charge in [-0.3, -0.25) is 0 Å². The molecule has 0 amide bonds. The molecular formula is C17H22N4O2S. The van der Waals surface area contributed by atoms with Gasteiger partial charge >= 0.3 is 0 Å². The molecule has 0 bridgehead atoms. The first-order valence-electron chi connectivity index (χ1n) is 8.81. The maximum atomic E-state index is 12.6. The second-order valence-electron chi connectivity index (χ2n) is 7.47. The fourth-order valence-electron chi connectivity index (χ4n) is 4.62. The summed E-state index contributed by atoms with van der Waals surface area (Å²) in [6.07, 6.45) is 4.37. The van der Waals surface area contributed by atoms with E-state index in [1.807, 2.05) is 24.3 Å². The van der Waals surface area contributed by atoms with Gasteiger partial charge < -0.3 is 9.88 Å². The minimum atomic E-state index is -3.18. The lowest BCUT2D eigenvalue weighted by atomic mass is 9.76. The quantitative estimate of drug-likeness (QED) is 0.886. The number of sulfonamides is 1. The zero-order valence-electron chi connectivity index (χ0n) is 13.5. The number of hydrogen-bond acceptors (Lipinski definition) is 4. The van der Waals surface area contributed by atoms with Crippen molar-refractivity contribution >= 4 is 27.0 Å². The first-order valence-corrected chi connectivity index (χ1v) is 10.4. The Morgan fingerprint density at radius 2 is 2.04 bits per heavy atom. The van der Waals surface area contributed by atoms with Crippen LogP contribution in [0.25, 0.3) is 11.0 Å². The molecule has 2 heterocycles. The highest BCUT2D eigenvalue weighted by Gasteiger charge is 2.51. The molecule has 3 unspecified atom stereocenters. The number of imidazole rings is 1. The van der Waals surface area contributed by atoms with Gasteiger partial charge in [0.05, 0.1) is 22.3 Å². The Labute approximate surface area is 141 Å². The fraction of sp³-hybridized carbons (Fsp3) is 0.588. The van der Waals surface area contributed by atoms with Crippen molar-refractivity contribution in [3.63, 3.8) is 0 Å². The molecule has 3 fully saturated rings. The van der Waals surface area contributed by atoms with Crippen molar-refractivity contribution in [3.05, 3.63) is 24.3 Å². The predicted octanol–water partition coefficient (Wildman–Crippen LogP) is 1.86. The zero-order chi connectivity index (χ0) is 16.3. The first-order chi connectivity index (χ1) is 11.6. The summed E-state index contributed by atoms with van der Waals surface area (Å²) in [5.74, 6) is 1.90. The Hall–Kier alpha value is -1.60. The molecule has 1 saturated heterocycles. The van der Waals surface area contributed by atoms with Gasteiger partial charge in [-0.2, -0.15) is 0 Å². The van der Waals surface area contributed by atoms with E-state index in [9.17, 15) is 8.42 Å². The Morgan fingerprint density at radius 1 is 1.21 bits per heavy atom. The van der Waals surface area contributed by atoms with Crippen LogP contribution in [-0.4, -0.2) is 42.8 Å². The largest absolute Gasteiger partial charge is 0.339 e. The van der Waals surface area contributed by atoms with Crippen molar-refractivity contribution in [1.29, 1.82) is 0 Å². The van der Waals surface area contributed by atoms with E-state index in [1.54, 1.807) is 0 Å². The summed E-state index contributed by atoms with van der Waals surface area (Å²) in [5.41, 5.74) is 1.96. The molecule has 7 heteroatoms. The van der Waals surface area contributed by atoms with Crippen LogP contribution in [0.1, 0.15) is 25.7 Å². The van der Waals surface area contributed by atoms with Crippen molar-refractivity contribution in [2.75, 3.05) is 18.0 Å². The molecule has 6 nitrogen and oxygen atoms in total. The molecule has 5 rings (SSSR count). The number of nitrogens with zero attached hydrogens (tertiary/aromatic N) is 2. The number of rotatable bonds is 4. The lowest BCUT2D eigenvalue weighted by Crippen LogP contribution is -2.62. The number of anilines is 1. The summed E-state index contributed by atoms with van der Waals surface area (Å²) in [6, 6.07) is 7.93. The number of nitrogens with one attached hydrogen (secondary N) is 2.